The Labute approximate surface area is 53.5 Å². The zero-order valence-electron chi connectivity index (χ0n) is 5.13. The second-order valence-corrected chi connectivity index (χ2v) is 2.10. The van der Waals surface area contributed by atoms with Gasteiger partial charge in [0.25, 0.3) is 7.28 Å². The van der Waals surface area contributed by atoms with Crippen LogP contribution in [0.5, 0.6) is 0 Å². The summed E-state index contributed by atoms with van der Waals surface area (Å²) in [5.41, 5.74) is 1.36. The van der Waals surface area contributed by atoms with Crippen LogP contribution in [0.15, 0.2) is 23.2 Å². The van der Waals surface area contributed by atoms with Crippen LogP contribution in [0.3, 0.4) is 0 Å². The molecule has 0 spiro atoms. The number of hydrogen-bond acceptors (Lipinski definition) is 2. The first kappa shape index (κ1) is 6.07. The van der Waals surface area contributed by atoms with Crippen molar-refractivity contribution in [3.05, 3.63) is 33.3 Å². The van der Waals surface area contributed by atoms with Gasteiger partial charge in [-0.05, 0) is 6.08 Å². The summed E-state index contributed by atoms with van der Waals surface area (Å²) in [6, 6.07) is 0. The molecule has 0 saturated carbocycles. The molecule has 0 atom stereocenters. The fourth-order valence-corrected chi connectivity index (χ4v) is 0.767. The maximum atomic E-state index is 10.1. The zero-order chi connectivity index (χ0) is 6.85. The molecule has 0 amide bonds. The molecule has 0 bridgehead atoms. The van der Waals surface area contributed by atoms with Crippen molar-refractivity contribution in [2.45, 2.75) is 6.92 Å². The molecule has 1 aliphatic heterocycles. The highest BCUT2D eigenvalue weighted by Gasteiger charge is 2.16. The van der Waals surface area contributed by atoms with Crippen LogP contribution >= 0.6 is 0 Å². The molecule has 0 aromatic rings. The SMILES string of the molecule is CC1=CC=C([N+](=O)[O-])B1. The smallest absolute Gasteiger partial charge is 0.259 e. The number of nitro groups is 1. The van der Waals surface area contributed by atoms with Crippen LogP contribution < -0.4 is 0 Å². The number of rotatable bonds is 1. The Bertz CT molecular complexity index is 207. The second kappa shape index (κ2) is 2.05. The summed E-state index contributed by atoms with van der Waals surface area (Å²) in [5, 5.41) is 10.1. The molecule has 0 radical (unpaired) electrons. The molecule has 0 saturated heterocycles. The molecule has 0 N–H and O–H groups in total. The highest BCUT2D eigenvalue weighted by molar-refractivity contribution is 6.54. The summed E-state index contributed by atoms with van der Waals surface area (Å²) in [5.74, 6) is 0. The Morgan fingerprint density at radius 2 is 2.33 bits per heavy atom. The molecular formula is C5H6BNO2. The van der Waals surface area contributed by atoms with Crippen molar-refractivity contribution in [3.8, 4) is 0 Å². The Morgan fingerprint density at radius 1 is 1.67 bits per heavy atom. The standard InChI is InChI=1S/C5H6BNO2/c1-4-2-3-5(6-4)7(8)9/h2-3,6H,1H3. The molecular weight excluding hydrogens is 117 g/mol. The maximum absolute atomic E-state index is 10.1. The summed E-state index contributed by atoms with van der Waals surface area (Å²) >= 11 is 0. The van der Waals surface area contributed by atoms with Crippen molar-refractivity contribution < 1.29 is 4.92 Å². The predicted octanol–water partition coefficient (Wildman–Crippen LogP) is 0.458. The van der Waals surface area contributed by atoms with Crippen molar-refractivity contribution in [1.82, 2.24) is 0 Å². The van der Waals surface area contributed by atoms with E-state index in [2.05, 4.69) is 0 Å². The van der Waals surface area contributed by atoms with Crippen molar-refractivity contribution in [2.75, 3.05) is 0 Å². The highest BCUT2D eigenvalue weighted by atomic mass is 16.6. The van der Waals surface area contributed by atoms with Crippen molar-refractivity contribution >= 4 is 7.28 Å². The largest absolute Gasteiger partial charge is 0.279 e. The lowest BCUT2D eigenvalue weighted by atomic mass is 9.71. The monoisotopic (exact) mass is 123 g/mol. The topological polar surface area (TPSA) is 43.1 Å². The first-order valence-corrected chi connectivity index (χ1v) is 2.71. The molecule has 1 rings (SSSR count). The van der Waals surface area contributed by atoms with E-state index in [9.17, 15) is 10.1 Å². The fraction of sp³-hybridized carbons (Fsp3) is 0.200. The third kappa shape index (κ3) is 1.19. The molecule has 0 aliphatic carbocycles. The number of hydrogen-bond donors (Lipinski definition) is 0. The average molecular weight is 123 g/mol. The first-order chi connectivity index (χ1) is 4.20. The molecule has 0 aromatic heterocycles. The summed E-state index contributed by atoms with van der Waals surface area (Å²) in [6.45, 7) is 1.88. The van der Waals surface area contributed by atoms with Gasteiger partial charge in [-0.15, -0.1) is 0 Å². The summed E-state index contributed by atoms with van der Waals surface area (Å²) in [4.78, 5) is 9.71. The van der Waals surface area contributed by atoms with Crippen molar-refractivity contribution in [2.24, 2.45) is 0 Å². The van der Waals surface area contributed by atoms with E-state index in [0.29, 0.717) is 12.9 Å². The van der Waals surface area contributed by atoms with Crippen LogP contribution in [0, 0.1) is 10.1 Å². The lowest BCUT2D eigenvalue weighted by Gasteiger charge is -1.86. The lowest BCUT2D eigenvalue weighted by molar-refractivity contribution is -0.412. The van der Waals surface area contributed by atoms with E-state index in [1.807, 2.05) is 6.92 Å². The van der Waals surface area contributed by atoms with Gasteiger partial charge < -0.3 is 0 Å². The molecule has 1 heterocycles. The van der Waals surface area contributed by atoms with Crippen molar-refractivity contribution in [3.63, 3.8) is 0 Å². The van der Waals surface area contributed by atoms with E-state index in [1.165, 1.54) is 0 Å². The Balaban J connectivity index is 2.64. The van der Waals surface area contributed by atoms with Gasteiger partial charge in [-0.1, -0.05) is 18.5 Å². The second-order valence-electron chi connectivity index (χ2n) is 2.10. The van der Waals surface area contributed by atoms with Gasteiger partial charge in [0.05, 0.1) is 0 Å². The minimum atomic E-state index is -0.340. The third-order valence-corrected chi connectivity index (χ3v) is 1.25. The van der Waals surface area contributed by atoms with E-state index in [4.69, 9.17) is 0 Å². The van der Waals surface area contributed by atoms with Gasteiger partial charge in [-0.2, -0.15) is 0 Å². The molecule has 0 unspecified atom stereocenters. The van der Waals surface area contributed by atoms with E-state index < -0.39 is 0 Å². The predicted molar refractivity (Wildman–Crippen MR) is 36.0 cm³/mol. The Kier molecular flexibility index (Phi) is 1.38. The molecule has 4 heteroatoms. The van der Waals surface area contributed by atoms with Crippen LogP contribution in [0.4, 0.5) is 0 Å². The van der Waals surface area contributed by atoms with Gasteiger partial charge in [0.2, 0.25) is 0 Å². The zero-order valence-corrected chi connectivity index (χ0v) is 5.13. The van der Waals surface area contributed by atoms with Crippen LogP contribution in [-0.2, 0) is 0 Å². The first-order valence-electron chi connectivity index (χ1n) is 2.71. The van der Waals surface area contributed by atoms with Crippen molar-refractivity contribution in [1.29, 1.82) is 0 Å². The minimum absolute atomic E-state index is 0.299. The van der Waals surface area contributed by atoms with E-state index in [1.54, 1.807) is 12.2 Å². The van der Waals surface area contributed by atoms with Gasteiger partial charge in [0, 0.05) is 4.92 Å². The molecule has 9 heavy (non-hydrogen) atoms. The van der Waals surface area contributed by atoms with Gasteiger partial charge in [-0.3, -0.25) is 10.1 Å². The lowest BCUT2D eigenvalue weighted by Crippen LogP contribution is -2.03. The van der Waals surface area contributed by atoms with Gasteiger partial charge >= 0.3 is 0 Å². The number of allylic oxidation sites excluding steroid dienone is 3. The van der Waals surface area contributed by atoms with E-state index >= 15 is 0 Å². The minimum Gasteiger partial charge on any atom is -0.259 e. The molecule has 1 aliphatic rings. The number of nitrogens with zero attached hydrogens (tertiary/aromatic N) is 1. The van der Waals surface area contributed by atoms with Crippen LogP contribution in [-0.4, -0.2) is 12.2 Å². The van der Waals surface area contributed by atoms with Crippen LogP contribution in [0.25, 0.3) is 0 Å². The molecule has 46 valence electrons. The summed E-state index contributed by atoms with van der Waals surface area (Å²) in [6.07, 6.45) is 3.33. The quantitative estimate of drug-likeness (QED) is 0.288. The van der Waals surface area contributed by atoms with E-state index in [0.717, 1.165) is 5.47 Å². The van der Waals surface area contributed by atoms with E-state index in [-0.39, 0.29) is 4.92 Å². The Hall–Kier alpha value is -1.06. The average Bonchev–Trinajstić information content (AvgIpc) is 2.14. The fourth-order valence-electron chi connectivity index (χ4n) is 0.767. The highest BCUT2D eigenvalue weighted by Crippen LogP contribution is 2.08. The van der Waals surface area contributed by atoms with Crippen LogP contribution in [0.1, 0.15) is 6.92 Å². The molecule has 0 aromatic carbocycles. The molecule has 0 fully saturated rings. The maximum Gasteiger partial charge on any atom is 0.279 e. The van der Waals surface area contributed by atoms with Crippen LogP contribution in [0.2, 0.25) is 0 Å². The third-order valence-electron chi connectivity index (χ3n) is 1.25. The molecule has 3 nitrogen and oxygen atoms in total. The summed E-state index contributed by atoms with van der Waals surface area (Å²) < 4.78 is 0. The van der Waals surface area contributed by atoms with Gasteiger partial charge in [0.1, 0.15) is 0 Å². The normalized spacial score (nSPS) is 16.1. The van der Waals surface area contributed by atoms with Gasteiger partial charge in [0.15, 0.2) is 5.60 Å². The summed E-state index contributed by atoms with van der Waals surface area (Å²) in [7, 11) is 0.507. The van der Waals surface area contributed by atoms with Gasteiger partial charge in [-0.25, -0.2) is 0 Å². The Morgan fingerprint density at radius 3 is 2.56 bits per heavy atom.